The summed E-state index contributed by atoms with van der Waals surface area (Å²) in [5.74, 6) is 0.481. The summed E-state index contributed by atoms with van der Waals surface area (Å²) in [4.78, 5) is 4.44. The van der Waals surface area contributed by atoms with Crippen molar-refractivity contribution in [3.05, 3.63) is 44.3 Å². The van der Waals surface area contributed by atoms with Crippen molar-refractivity contribution in [1.82, 2.24) is 4.98 Å². The Bertz CT molecular complexity index is 786. The molecule has 0 aliphatic carbocycles. The second-order valence-corrected chi connectivity index (χ2v) is 6.19. The van der Waals surface area contributed by atoms with Gasteiger partial charge in [-0.2, -0.15) is 0 Å². The summed E-state index contributed by atoms with van der Waals surface area (Å²) in [7, 11) is 0. The molecule has 0 spiro atoms. The number of aromatic nitrogens is 1. The number of oxazole rings is 1. The minimum absolute atomic E-state index is 0.481. The molecule has 0 aliphatic rings. The molecule has 0 atom stereocenters. The van der Waals surface area contributed by atoms with Gasteiger partial charge in [-0.25, -0.2) is 4.98 Å². The van der Waals surface area contributed by atoms with E-state index in [-0.39, 0.29) is 0 Å². The molecule has 1 heterocycles. The molecule has 0 amide bonds. The van der Waals surface area contributed by atoms with Gasteiger partial charge in [0, 0.05) is 14.0 Å². The Balaban J connectivity index is 2.26. The van der Waals surface area contributed by atoms with Crippen molar-refractivity contribution in [1.29, 1.82) is 0 Å². The summed E-state index contributed by atoms with van der Waals surface area (Å²) < 4.78 is 7.46. The average Bonchev–Trinajstić information content (AvgIpc) is 2.76. The highest BCUT2D eigenvalue weighted by Crippen LogP contribution is 2.34. The molecule has 1 aromatic heterocycles. The molecule has 6 heteroatoms. The number of nitrogen functional groups attached to an aromatic ring is 1. The van der Waals surface area contributed by atoms with Crippen LogP contribution in [0.15, 0.2) is 43.7 Å². The highest BCUT2D eigenvalue weighted by Gasteiger charge is 2.14. The second-order valence-electron chi connectivity index (χ2n) is 3.99. The van der Waals surface area contributed by atoms with E-state index < -0.39 is 0 Å². The lowest BCUT2D eigenvalue weighted by Gasteiger charge is -1.99. The van der Waals surface area contributed by atoms with E-state index in [0.717, 1.165) is 14.5 Å². The van der Waals surface area contributed by atoms with Crippen molar-refractivity contribution in [2.75, 3.05) is 5.73 Å². The number of nitrogens with zero attached hydrogens (tertiary/aromatic N) is 1. The highest BCUT2D eigenvalue weighted by molar-refractivity contribution is 9.10. The van der Waals surface area contributed by atoms with Crippen molar-refractivity contribution >= 4 is 60.2 Å². The second kappa shape index (κ2) is 4.81. The van der Waals surface area contributed by atoms with Crippen LogP contribution in [-0.4, -0.2) is 4.98 Å². The minimum Gasteiger partial charge on any atom is -0.434 e. The molecule has 3 rings (SSSR count). The normalized spacial score (nSPS) is 11.1. The predicted octanol–water partition coefficient (Wildman–Crippen LogP) is 5.26. The number of fused-ring (bicyclic) bond motifs is 1. The highest BCUT2D eigenvalue weighted by atomic mass is 79.9. The van der Waals surface area contributed by atoms with Crippen LogP contribution in [0.3, 0.4) is 0 Å². The van der Waals surface area contributed by atoms with Crippen LogP contribution >= 0.6 is 43.5 Å². The van der Waals surface area contributed by atoms with Crippen LogP contribution in [-0.2, 0) is 0 Å². The van der Waals surface area contributed by atoms with E-state index in [1.807, 2.05) is 12.1 Å². The number of rotatable bonds is 1. The van der Waals surface area contributed by atoms with Gasteiger partial charge in [-0.3, -0.25) is 0 Å². The SMILES string of the molecule is Nc1cc(Br)cc2nc(-c3cc(Cl)ccc3Br)oc12. The van der Waals surface area contributed by atoms with E-state index in [9.17, 15) is 0 Å². The van der Waals surface area contributed by atoms with Gasteiger partial charge in [0.15, 0.2) is 5.58 Å². The van der Waals surface area contributed by atoms with Crippen LogP contribution in [0, 0.1) is 0 Å². The lowest BCUT2D eigenvalue weighted by Crippen LogP contribution is -1.84. The fourth-order valence-electron chi connectivity index (χ4n) is 1.80. The number of benzene rings is 2. The van der Waals surface area contributed by atoms with Crippen LogP contribution in [0.1, 0.15) is 0 Å². The molecular formula is C13H7Br2ClN2O. The van der Waals surface area contributed by atoms with E-state index in [4.69, 9.17) is 21.8 Å². The van der Waals surface area contributed by atoms with Gasteiger partial charge < -0.3 is 10.2 Å². The summed E-state index contributed by atoms with van der Waals surface area (Å²) >= 11 is 12.8. The van der Waals surface area contributed by atoms with Gasteiger partial charge in [0.1, 0.15) is 5.52 Å². The molecule has 0 fully saturated rings. The molecule has 19 heavy (non-hydrogen) atoms. The molecule has 0 radical (unpaired) electrons. The predicted molar refractivity (Wildman–Crippen MR) is 84.3 cm³/mol. The maximum atomic E-state index is 6.00. The van der Waals surface area contributed by atoms with Crippen molar-refractivity contribution in [2.45, 2.75) is 0 Å². The molecule has 0 saturated carbocycles. The lowest BCUT2D eigenvalue weighted by molar-refractivity contribution is 0.620. The topological polar surface area (TPSA) is 52.0 Å². The summed E-state index contributed by atoms with van der Waals surface area (Å²) in [6.07, 6.45) is 0. The smallest absolute Gasteiger partial charge is 0.228 e. The zero-order valence-corrected chi connectivity index (χ0v) is 13.4. The Labute approximate surface area is 131 Å². The van der Waals surface area contributed by atoms with Crippen molar-refractivity contribution in [3.8, 4) is 11.5 Å². The maximum Gasteiger partial charge on any atom is 0.228 e. The van der Waals surface area contributed by atoms with Crippen LogP contribution in [0.2, 0.25) is 5.02 Å². The third-order valence-corrected chi connectivity index (χ3v) is 4.03. The molecule has 2 aromatic carbocycles. The van der Waals surface area contributed by atoms with Crippen LogP contribution in [0.5, 0.6) is 0 Å². The number of halogens is 3. The standard InChI is InChI=1S/C13H7Br2ClN2O/c14-6-3-10(17)12-11(4-6)18-13(19-12)8-5-7(16)1-2-9(8)15/h1-5H,17H2. The Hall–Kier alpha value is -1.04. The van der Waals surface area contributed by atoms with E-state index in [1.54, 1.807) is 18.2 Å². The Kier molecular flexibility index (Phi) is 3.28. The van der Waals surface area contributed by atoms with Gasteiger partial charge in [-0.05, 0) is 46.3 Å². The zero-order valence-electron chi connectivity index (χ0n) is 9.45. The van der Waals surface area contributed by atoms with Crippen LogP contribution < -0.4 is 5.73 Å². The molecule has 3 aromatic rings. The molecule has 96 valence electrons. The Morgan fingerprint density at radius 2 is 1.95 bits per heavy atom. The third kappa shape index (κ3) is 2.38. The van der Waals surface area contributed by atoms with Gasteiger partial charge in [0.2, 0.25) is 5.89 Å². The summed E-state index contributed by atoms with van der Waals surface area (Å²) in [5, 5.41) is 0.620. The summed E-state index contributed by atoms with van der Waals surface area (Å²) in [6, 6.07) is 9.08. The first-order chi connectivity index (χ1) is 9.04. The maximum absolute atomic E-state index is 6.00. The monoisotopic (exact) mass is 400 g/mol. The first kappa shape index (κ1) is 13.0. The molecule has 0 saturated heterocycles. The van der Waals surface area contributed by atoms with E-state index in [2.05, 4.69) is 36.8 Å². The number of hydrogen-bond acceptors (Lipinski definition) is 3. The number of anilines is 1. The van der Waals surface area contributed by atoms with Gasteiger partial charge in [0.05, 0.1) is 11.3 Å². The van der Waals surface area contributed by atoms with E-state index >= 15 is 0 Å². The third-order valence-electron chi connectivity index (χ3n) is 2.64. The molecule has 0 bridgehead atoms. The number of hydrogen-bond donors (Lipinski definition) is 1. The van der Waals surface area contributed by atoms with Gasteiger partial charge in [-0.15, -0.1) is 0 Å². The van der Waals surface area contributed by atoms with Crippen molar-refractivity contribution < 1.29 is 4.42 Å². The van der Waals surface area contributed by atoms with Gasteiger partial charge in [-0.1, -0.05) is 27.5 Å². The Morgan fingerprint density at radius 3 is 2.74 bits per heavy atom. The van der Waals surface area contributed by atoms with Crippen molar-refractivity contribution in [3.63, 3.8) is 0 Å². The molecule has 2 N–H and O–H groups in total. The van der Waals surface area contributed by atoms with Gasteiger partial charge >= 0.3 is 0 Å². The molecular weight excluding hydrogens is 395 g/mol. The summed E-state index contributed by atoms with van der Waals surface area (Å²) in [6.45, 7) is 0. The first-order valence-corrected chi connectivity index (χ1v) is 7.32. The fraction of sp³-hybridized carbons (Fsp3) is 0. The number of nitrogens with two attached hydrogens (primary N) is 1. The van der Waals surface area contributed by atoms with Gasteiger partial charge in [0.25, 0.3) is 0 Å². The van der Waals surface area contributed by atoms with E-state index in [0.29, 0.717) is 27.7 Å². The van der Waals surface area contributed by atoms with Crippen LogP contribution in [0.4, 0.5) is 5.69 Å². The largest absolute Gasteiger partial charge is 0.434 e. The molecule has 3 nitrogen and oxygen atoms in total. The average molecular weight is 402 g/mol. The molecule has 0 aliphatic heterocycles. The summed E-state index contributed by atoms with van der Waals surface area (Å²) in [5.41, 5.74) is 8.53. The quantitative estimate of drug-likeness (QED) is 0.565. The minimum atomic E-state index is 0.481. The first-order valence-electron chi connectivity index (χ1n) is 5.35. The van der Waals surface area contributed by atoms with E-state index in [1.165, 1.54) is 0 Å². The molecule has 0 unspecified atom stereocenters. The van der Waals surface area contributed by atoms with Crippen molar-refractivity contribution in [2.24, 2.45) is 0 Å². The zero-order chi connectivity index (χ0) is 13.6. The van der Waals surface area contributed by atoms with Crippen LogP contribution in [0.25, 0.3) is 22.6 Å². The fourth-order valence-corrected chi connectivity index (χ4v) is 2.85. The Morgan fingerprint density at radius 1 is 1.16 bits per heavy atom. The lowest BCUT2D eigenvalue weighted by atomic mass is 10.2.